The SMILES string of the molecule is CCOC(=O)C(O)C(O)c1ccc(N)c(C(C)=O)c1. The zero-order chi connectivity index (χ0) is 14.6. The molecule has 4 N–H and O–H groups in total. The highest BCUT2D eigenvalue weighted by Crippen LogP contribution is 2.22. The fourth-order valence-corrected chi connectivity index (χ4v) is 1.60. The summed E-state index contributed by atoms with van der Waals surface area (Å²) in [7, 11) is 0. The Morgan fingerprint density at radius 3 is 2.53 bits per heavy atom. The fraction of sp³-hybridized carbons (Fsp3) is 0.385. The third-order valence-electron chi connectivity index (χ3n) is 2.63. The summed E-state index contributed by atoms with van der Waals surface area (Å²) in [6, 6.07) is 4.23. The number of anilines is 1. The van der Waals surface area contributed by atoms with E-state index in [2.05, 4.69) is 4.74 Å². The second-order valence-corrected chi connectivity index (χ2v) is 4.04. The lowest BCUT2D eigenvalue weighted by molar-refractivity contribution is -0.159. The summed E-state index contributed by atoms with van der Waals surface area (Å²) in [5, 5.41) is 19.5. The molecule has 2 atom stereocenters. The molecule has 6 nitrogen and oxygen atoms in total. The van der Waals surface area contributed by atoms with Crippen LogP contribution in [0.1, 0.15) is 35.9 Å². The second-order valence-electron chi connectivity index (χ2n) is 4.04. The molecule has 0 bridgehead atoms. The van der Waals surface area contributed by atoms with E-state index < -0.39 is 18.2 Å². The molecule has 0 fully saturated rings. The largest absolute Gasteiger partial charge is 0.464 e. The van der Waals surface area contributed by atoms with Gasteiger partial charge in [-0.15, -0.1) is 0 Å². The number of aliphatic hydroxyl groups excluding tert-OH is 2. The molecule has 1 aromatic rings. The minimum atomic E-state index is -1.71. The summed E-state index contributed by atoms with van der Waals surface area (Å²) in [4.78, 5) is 22.7. The monoisotopic (exact) mass is 267 g/mol. The average molecular weight is 267 g/mol. The first kappa shape index (κ1) is 15.1. The molecular formula is C13H17NO5. The highest BCUT2D eigenvalue weighted by molar-refractivity contribution is 5.99. The number of ketones is 1. The Bertz CT molecular complexity index is 486. The highest BCUT2D eigenvalue weighted by atomic mass is 16.5. The van der Waals surface area contributed by atoms with Gasteiger partial charge in [-0.3, -0.25) is 4.79 Å². The number of carbonyl (C=O) groups excluding carboxylic acids is 2. The Morgan fingerprint density at radius 1 is 1.37 bits per heavy atom. The number of nitrogen functional groups attached to an aromatic ring is 1. The van der Waals surface area contributed by atoms with Gasteiger partial charge in [-0.05, 0) is 31.5 Å². The maximum atomic E-state index is 11.3. The topological polar surface area (TPSA) is 110 Å². The summed E-state index contributed by atoms with van der Waals surface area (Å²) in [5.41, 5.74) is 6.34. The van der Waals surface area contributed by atoms with Crippen LogP contribution >= 0.6 is 0 Å². The molecule has 1 aromatic carbocycles. The van der Waals surface area contributed by atoms with Crippen molar-refractivity contribution in [3.8, 4) is 0 Å². The number of benzene rings is 1. The lowest BCUT2D eigenvalue weighted by Crippen LogP contribution is -2.30. The van der Waals surface area contributed by atoms with E-state index >= 15 is 0 Å². The van der Waals surface area contributed by atoms with Crippen LogP contribution in [0.25, 0.3) is 0 Å². The Labute approximate surface area is 110 Å². The van der Waals surface area contributed by atoms with Gasteiger partial charge in [-0.2, -0.15) is 0 Å². The van der Waals surface area contributed by atoms with E-state index in [0.29, 0.717) is 0 Å². The molecule has 0 saturated carbocycles. The molecule has 6 heteroatoms. The first-order chi connectivity index (χ1) is 8.88. The van der Waals surface area contributed by atoms with Crippen molar-refractivity contribution in [2.24, 2.45) is 0 Å². The Kier molecular flexibility index (Phi) is 5.02. The number of nitrogens with two attached hydrogens (primary N) is 1. The summed E-state index contributed by atoms with van der Waals surface area (Å²) >= 11 is 0. The van der Waals surface area contributed by atoms with Crippen molar-refractivity contribution in [3.63, 3.8) is 0 Å². The predicted octanol–water partition coefficient (Wildman–Crippen LogP) is 0.429. The van der Waals surface area contributed by atoms with E-state index in [4.69, 9.17) is 5.73 Å². The Morgan fingerprint density at radius 2 is 2.00 bits per heavy atom. The first-order valence-electron chi connectivity index (χ1n) is 5.81. The van der Waals surface area contributed by atoms with Gasteiger partial charge >= 0.3 is 5.97 Å². The predicted molar refractivity (Wildman–Crippen MR) is 68.5 cm³/mol. The fourth-order valence-electron chi connectivity index (χ4n) is 1.60. The van der Waals surface area contributed by atoms with Crippen LogP contribution in [-0.4, -0.2) is 34.7 Å². The van der Waals surface area contributed by atoms with E-state index in [9.17, 15) is 19.8 Å². The van der Waals surface area contributed by atoms with Crippen LogP contribution in [0, 0.1) is 0 Å². The van der Waals surface area contributed by atoms with Gasteiger partial charge in [0.15, 0.2) is 11.9 Å². The average Bonchev–Trinajstić information content (AvgIpc) is 2.37. The molecule has 104 valence electrons. The van der Waals surface area contributed by atoms with E-state index in [1.165, 1.54) is 25.1 Å². The molecule has 0 aliphatic rings. The number of rotatable bonds is 5. The normalized spacial score (nSPS) is 13.7. The van der Waals surface area contributed by atoms with Crippen LogP contribution in [0.15, 0.2) is 18.2 Å². The van der Waals surface area contributed by atoms with Crippen LogP contribution in [0.4, 0.5) is 5.69 Å². The molecule has 0 amide bonds. The van der Waals surface area contributed by atoms with Gasteiger partial charge < -0.3 is 20.7 Å². The van der Waals surface area contributed by atoms with Crippen LogP contribution in [-0.2, 0) is 9.53 Å². The van der Waals surface area contributed by atoms with Crippen LogP contribution < -0.4 is 5.73 Å². The van der Waals surface area contributed by atoms with E-state index in [1.54, 1.807) is 6.92 Å². The van der Waals surface area contributed by atoms with Crippen molar-refractivity contribution in [2.75, 3.05) is 12.3 Å². The molecule has 2 unspecified atom stereocenters. The molecule has 0 aromatic heterocycles. The van der Waals surface area contributed by atoms with Crippen LogP contribution in [0.2, 0.25) is 0 Å². The number of aliphatic hydroxyl groups is 2. The summed E-state index contributed by atoms with van der Waals surface area (Å²) < 4.78 is 4.61. The summed E-state index contributed by atoms with van der Waals surface area (Å²) in [5.74, 6) is -1.19. The van der Waals surface area contributed by atoms with Gasteiger partial charge in [0, 0.05) is 11.3 Å². The Balaban J connectivity index is 3.00. The van der Waals surface area contributed by atoms with Gasteiger partial charge in [0.05, 0.1) is 6.61 Å². The van der Waals surface area contributed by atoms with Crippen molar-refractivity contribution >= 4 is 17.4 Å². The third kappa shape index (κ3) is 3.52. The zero-order valence-electron chi connectivity index (χ0n) is 10.8. The van der Waals surface area contributed by atoms with Gasteiger partial charge in [-0.25, -0.2) is 4.79 Å². The molecular weight excluding hydrogens is 250 g/mol. The van der Waals surface area contributed by atoms with E-state index in [-0.39, 0.29) is 29.2 Å². The summed E-state index contributed by atoms with van der Waals surface area (Å²) in [6.45, 7) is 3.03. The molecule has 0 heterocycles. The van der Waals surface area contributed by atoms with Crippen molar-refractivity contribution in [2.45, 2.75) is 26.1 Å². The van der Waals surface area contributed by atoms with Gasteiger partial charge in [0.1, 0.15) is 6.10 Å². The van der Waals surface area contributed by atoms with Gasteiger partial charge in [0.2, 0.25) is 0 Å². The maximum Gasteiger partial charge on any atom is 0.338 e. The van der Waals surface area contributed by atoms with E-state index in [0.717, 1.165) is 0 Å². The van der Waals surface area contributed by atoms with Gasteiger partial charge in [-0.1, -0.05) is 6.07 Å². The standard InChI is InChI=1S/C13H17NO5/c1-3-19-13(18)12(17)11(16)8-4-5-10(14)9(6-8)7(2)15/h4-6,11-12,16-17H,3,14H2,1-2H3. The quantitative estimate of drug-likeness (QED) is 0.405. The number of hydrogen-bond acceptors (Lipinski definition) is 6. The molecule has 0 aliphatic heterocycles. The summed E-state index contributed by atoms with van der Waals surface area (Å²) in [6.07, 6.45) is -3.18. The number of Topliss-reactive ketones (excluding diaryl/α,β-unsaturated/α-hetero) is 1. The Hall–Kier alpha value is -1.92. The molecule has 0 radical (unpaired) electrons. The van der Waals surface area contributed by atoms with Crippen molar-refractivity contribution in [1.29, 1.82) is 0 Å². The number of esters is 1. The number of ether oxygens (including phenoxy) is 1. The molecule has 0 aliphatic carbocycles. The minimum absolute atomic E-state index is 0.100. The van der Waals surface area contributed by atoms with Crippen molar-refractivity contribution in [1.82, 2.24) is 0 Å². The molecule has 0 saturated heterocycles. The number of hydrogen-bond donors (Lipinski definition) is 3. The highest BCUT2D eigenvalue weighted by Gasteiger charge is 2.27. The second kappa shape index (κ2) is 6.31. The first-order valence-corrected chi connectivity index (χ1v) is 5.81. The zero-order valence-corrected chi connectivity index (χ0v) is 10.8. The third-order valence-corrected chi connectivity index (χ3v) is 2.63. The molecule has 0 spiro atoms. The minimum Gasteiger partial charge on any atom is -0.464 e. The van der Waals surface area contributed by atoms with Gasteiger partial charge in [0.25, 0.3) is 0 Å². The maximum absolute atomic E-state index is 11.3. The van der Waals surface area contributed by atoms with Crippen molar-refractivity contribution < 1.29 is 24.5 Å². The lowest BCUT2D eigenvalue weighted by atomic mass is 9.99. The molecule has 19 heavy (non-hydrogen) atoms. The van der Waals surface area contributed by atoms with Crippen molar-refractivity contribution in [3.05, 3.63) is 29.3 Å². The van der Waals surface area contributed by atoms with E-state index in [1.807, 2.05) is 0 Å². The lowest BCUT2D eigenvalue weighted by Gasteiger charge is -2.17. The number of carbonyl (C=O) groups is 2. The van der Waals surface area contributed by atoms with Crippen LogP contribution in [0.3, 0.4) is 0 Å². The van der Waals surface area contributed by atoms with Crippen LogP contribution in [0.5, 0.6) is 0 Å². The smallest absolute Gasteiger partial charge is 0.338 e. The molecule has 1 rings (SSSR count).